The van der Waals surface area contributed by atoms with E-state index in [4.69, 9.17) is 14.2 Å². The summed E-state index contributed by atoms with van der Waals surface area (Å²) in [5.74, 6) is 1.27. The molecule has 1 atom stereocenters. The van der Waals surface area contributed by atoms with E-state index in [0.717, 1.165) is 17.7 Å². The Morgan fingerprint density at radius 3 is 2.60 bits per heavy atom. The summed E-state index contributed by atoms with van der Waals surface area (Å²) in [6, 6.07) is 19.0. The fraction of sp³-hybridized carbons (Fsp3) is 0.304. The van der Waals surface area contributed by atoms with Crippen LogP contribution >= 0.6 is 0 Å². The Kier molecular flexibility index (Phi) is 6.11. The van der Waals surface area contributed by atoms with Gasteiger partial charge in [0.05, 0.1) is 39.3 Å². The lowest BCUT2D eigenvalue weighted by molar-refractivity contribution is -0.0421. The fourth-order valence-corrected chi connectivity index (χ4v) is 3.59. The van der Waals surface area contributed by atoms with Gasteiger partial charge in [-0.25, -0.2) is 4.68 Å². The third kappa shape index (κ3) is 4.37. The van der Waals surface area contributed by atoms with Crippen molar-refractivity contribution in [1.82, 2.24) is 14.7 Å². The Bertz CT molecular complexity index is 1050. The van der Waals surface area contributed by atoms with Crippen LogP contribution in [-0.4, -0.2) is 48.6 Å². The van der Waals surface area contributed by atoms with Gasteiger partial charge < -0.3 is 14.2 Å². The van der Waals surface area contributed by atoms with Crippen molar-refractivity contribution in [3.05, 3.63) is 76.6 Å². The molecule has 1 saturated heterocycles. The van der Waals surface area contributed by atoms with Crippen molar-refractivity contribution in [2.24, 2.45) is 0 Å². The maximum Gasteiger partial charge on any atom is 0.268 e. The molecule has 1 fully saturated rings. The van der Waals surface area contributed by atoms with E-state index in [0.29, 0.717) is 37.0 Å². The van der Waals surface area contributed by atoms with E-state index in [-0.39, 0.29) is 11.7 Å². The highest BCUT2D eigenvalue weighted by Crippen LogP contribution is 2.31. The summed E-state index contributed by atoms with van der Waals surface area (Å²) >= 11 is 0. The van der Waals surface area contributed by atoms with Crippen LogP contribution in [0.4, 0.5) is 0 Å². The third-order valence-corrected chi connectivity index (χ3v) is 5.20. The van der Waals surface area contributed by atoms with Crippen molar-refractivity contribution >= 4 is 0 Å². The van der Waals surface area contributed by atoms with Gasteiger partial charge in [-0.2, -0.15) is 5.10 Å². The Labute approximate surface area is 175 Å². The van der Waals surface area contributed by atoms with Gasteiger partial charge in [0.1, 0.15) is 0 Å². The van der Waals surface area contributed by atoms with Crippen molar-refractivity contribution in [3.63, 3.8) is 0 Å². The Morgan fingerprint density at radius 1 is 1.03 bits per heavy atom. The minimum Gasteiger partial charge on any atom is -0.493 e. The van der Waals surface area contributed by atoms with Crippen molar-refractivity contribution in [2.75, 3.05) is 33.9 Å². The Morgan fingerprint density at radius 2 is 1.83 bits per heavy atom. The van der Waals surface area contributed by atoms with Gasteiger partial charge >= 0.3 is 0 Å². The number of methoxy groups -OCH3 is 2. The summed E-state index contributed by atoms with van der Waals surface area (Å²) in [6.45, 7) is 2.48. The number of benzene rings is 2. The first kappa shape index (κ1) is 20.1. The molecule has 4 rings (SSSR count). The molecule has 0 N–H and O–H groups in total. The number of hydrogen-bond donors (Lipinski definition) is 0. The van der Waals surface area contributed by atoms with Gasteiger partial charge in [-0.15, -0.1) is 0 Å². The van der Waals surface area contributed by atoms with Crippen molar-refractivity contribution < 1.29 is 14.2 Å². The highest BCUT2D eigenvalue weighted by molar-refractivity contribution is 5.63. The predicted octanol–water partition coefficient (Wildman–Crippen LogP) is 2.96. The largest absolute Gasteiger partial charge is 0.493 e. The van der Waals surface area contributed by atoms with Gasteiger partial charge in [-0.05, 0) is 29.8 Å². The SMILES string of the molecule is COc1ccc(-c2ccc(=O)n(CN3CCO[C@H](c4ccccc4)C3)n2)cc1OC. The molecule has 156 valence electrons. The van der Waals surface area contributed by atoms with Crippen LogP contribution in [0.2, 0.25) is 0 Å². The predicted molar refractivity (Wildman–Crippen MR) is 114 cm³/mol. The molecular formula is C23H25N3O4. The van der Waals surface area contributed by atoms with E-state index in [1.165, 1.54) is 4.68 Å². The summed E-state index contributed by atoms with van der Waals surface area (Å²) in [6.07, 6.45) is -0.00955. The molecule has 3 aromatic rings. The van der Waals surface area contributed by atoms with Gasteiger partial charge in [-0.1, -0.05) is 30.3 Å². The molecule has 0 bridgehead atoms. The number of rotatable bonds is 6. The number of aromatic nitrogens is 2. The molecular weight excluding hydrogens is 382 g/mol. The van der Waals surface area contributed by atoms with Crippen LogP contribution in [0.15, 0.2) is 65.5 Å². The normalized spacial score (nSPS) is 16.9. The van der Waals surface area contributed by atoms with Crippen molar-refractivity contribution in [2.45, 2.75) is 12.8 Å². The number of nitrogens with zero attached hydrogens (tertiary/aromatic N) is 3. The average Bonchev–Trinajstić information content (AvgIpc) is 2.81. The minimum atomic E-state index is -0.137. The summed E-state index contributed by atoms with van der Waals surface area (Å²) in [4.78, 5) is 14.6. The monoisotopic (exact) mass is 407 g/mol. The van der Waals surface area contributed by atoms with Gasteiger partial charge in [0.2, 0.25) is 0 Å². The fourth-order valence-electron chi connectivity index (χ4n) is 3.59. The lowest BCUT2D eigenvalue weighted by Crippen LogP contribution is -2.42. The van der Waals surface area contributed by atoms with E-state index in [9.17, 15) is 4.79 Å². The number of ether oxygens (including phenoxy) is 3. The Hall–Kier alpha value is -3.16. The second-order valence-electron chi connectivity index (χ2n) is 7.11. The molecule has 1 aliphatic rings. The minimum absolute atomic E-state index is 0.00955. The van der Waals surface area contributed by atoms with Crippen LogP contribution in [0.25, 0.3) is 11.3 Å². The molecule has 1 aliphatic heterocycles. The summed E-state index contributed by atoms with van der Waals surface area (Å²) in [5.41, 5.74) is 2.55. The molecule has 1 aromatic heterocycles. The molecule has 0 spiro atoms. The van der Waals surface area contributed by atoms with Crippen LogP contribution in [-0.2, 0) is 11.4 Å². The smallest absolute Gasteiger partial charge is 0.268 e. The van der Waals surface area contributed by atoms with Crippen molar-refractivity contribution in [3.8, 4) is 22.8 Å². The Balaban J connectivity index is 1.55. The van der Waals surface area contributed by atoms with Gasteiger partial charge in [0.15, 0.2) is 11.5 Å². The first-order valence-electron chi connectivity index (χ1n) is 9.87. The molecule has 30 heavy (non-hydrogen) atoms. The molecule has 2 aromatic carbocycles. The third-order valence-electron chi connectivity index (χ3n) is 5.20. The summed E-state index contributed by atoms with van der Waals surface area (Å²) < 4.78 is 18.1. The second-order valence-corrected chi connectivity index (χ2v) is 7.11. The molecule has 0 unspecified atom stereocenters. The van der Waals surface area contributed by atoms with Gasteiger partial charge in [-0.3, -0.25) is 9.69 Å². The zero-order valence-corrected chi connectivity index (χ0v) is 17.2. The zero-order chi connectivity index (χ0) is 20.9. The van der Waals surface area contributed by atoms with Crippen LogP contribution in [0.1, 0.15) is 11.7 Å². The highest BCUT2D eigenvalue weighted by atomic mass is 16.5. The first-order valence-corrected chi connectivity index (χ1v) is 9.87. The maximum atomic E-state index is 12.4. The molecule has 0 amide bonds. The summed E-state index contributed by atoms with van der Waals surface area (Å²) in [7, 11) is 3.19. The van der Waals surface area contributed by atoms with Gasteiger partial charge in [0.25, 0.3) is 5.56 Å². The van der Waals surface area contributed by atoms with E-state index >= 15 is 0 Å². The zero-order valence-electron chi connectivity index (χ0n) is 17.2. The van der Waals surface area contributed by atoms with E-state index in [1.807, 2.05) is 36.4 Å². The standard InChI is InChI=1S/C23H25N3O4/c1-28-20-10-8-18(14-21(20)29-2)19-9-11-23(27)26(24-19)16-25-12-13-30-22(15-25)17-6-4-3-5-7-17/h3-11,14,22H,12-13,15-16H2,1-2H3/t22-/m0/s1. The second kappa shape index (κ2) is 9.11. The van der Waals surface area contributed by atoms with Crippen LogP contribution in [0.3, 0.4) is 0 Å². The van der Waals surface area contributed by atoms with Gasteiger partial charge in [0, 0.05) is 24.7 Å². The quantitative estimate of drug-likeness (QED) is 0.626. The van der Waals surface area contributed by atoms with E-state index in [2.05, 4.69) is 22.1 Å². The molecule has 7 nitrogen and oxygen atoms in total. The summed E-state index contributed by atoms with van der Waals surface area (Å²) in [5, 5.41) is 4.59. The van der Waals surface area contributed by atoms with Crippen molar-refractivity contribution in [1.29, 1.82) is 0 Å². The molecule has 7 heteroatoms. The topological polar surface area (TPSA) is 65.8 Å². The lowest BCUT2D eigenvalue weighted by Gasteiger charge is -2.33. The average molecular weight is 407 g/mol. The first-order chi connectivity index (χ1) is 14.7. The van der Waals surface area contributed by atoms with E-state index < -0.39 is 0 Å². The van der Waals surface area contributed by atoms with E-state index in [1.54, 1.807) is 26.4 Å². The molecule has 0 saturated carbocycles. The highest BCUT2D eigenvalue weighted by Gasteiger charge is 2.22. The number of morpholine rings is 1. The molecule has 0 radical (unpaired) electrons. The lowest BCUT2D eigenvalue weighted by atomic mass is 10.1. The van der Waals surface area contributed by atoms with Crippen LogP contribution in [0.5, 0.6) is 11.5 Å². The van der Waals surface area contributed by atoms with Crippen LogP contribution < -0.4 is 15.0 Å². The molecule has 0 aliphatic carbocycles. The number of hydrogen-bond acceptors (Lipinski definition) is 6. The van der Waals surface area contributed by atoms with Crippen LogP contribution in [0, 0.1) is 0 Å². The molecule has 2 heterocycles. The maximum absolute atomic E-state index is 12.4.